The van der Waals surface area contributed by atoms with Crippen molar-refractivity contribution in [1.29, 1.82) is 0 Å². The van der Waals surface area contributed by atoms with E-state index in [1.54, 1.807) is 7.11 Å². The van der Waals surface area contributed by atoms with Gasteiger partial charge in [0, 0.05) is 11.0 Å². The van der Waals surface area contributed by atoms with Crippen molar-refractivity contribution in [1.82, 2.24) is 0 Å². The topological polar surface area (TPSA) is 55.8 Å². The summed E-state index contributed by atoms with van der Waals surface area (Å²) in [6, 6.07) is 12.4. The summed E-state index contributed by atoms with van der Waals surface area (Å²) in [7, 11) is 1.58. The van der Waals surface area contributed by atoms with Gasteiger partial charge in [-0.25, -0.2) is 4.79 Å². The minimum absolute atomic E-state index is 0.0257. The van der Waals surface area contributed by atoms with E-state index >= 15 is 0 Å². The number of ether oxygens (including phenoxy) is 2. The number of aryl methyl sites for hydroxylation is 1. The second-order valence-electron chi connectivity index (χ2n) is 6.64. The van der Waals surface area contributed by atoms with Gasteiger partial charge in [0.15, 0.2) is 18.1 Å². The minimum atomic E-state index is -0.991. The van der Waals surface area contributed by atoms with Crippen molar-refractivity contribution in [2.24, 2.45) is 0 Å². The molecule has 0 bridgehead atoms. The van der Waals surface area contributed by atoms with E-state index in [2.05, 4.69) is 38.1 Å². The van der Waals surface area contributed by atoms with Gasteiger partial charge in [0.2, 0.25) is 0 Å². The first-order chi connectivity index (χ1) is 11.4. The molecule has 1 atom stereocenters. The lowest BCUT2D eigenvalue weighted by atomic mass is 9.80. The van der Waals surface area contributed by atoms with Crippen LogP contribution in [0.25, 0.3) is 0 Å². The average molecular weight is 326 g/mol. The second kappa shape index (κ2) is 6.19. The van der Waals surface area contributed by atoms with Gasteiger partial charge in [-0.05, 0) is 42.5 Å². The van der Waals surface area contributed by atoms with Crippen LogP contribution in [0.15, 0.2) is 36.4 Å². The normalized spacial score (nSPS) is 19.0. The molecule has 24 heavy (non-hydrogen) atoms. The molecule has 4 heteroatoms. The highest BCUT2D eigenvalue weighted by atomic mass is 16.5. The Balaban J connectivity index is 2.05. The third-order valence-corrected chi connectivity index (χ3v) is 4.85. The van der Waals surface area contributed by atoms with Crippen LogP contribution in [-0.2, 0) is 23.1 Å². The van der Waals surface area contributed by atoms with Crippen molar-refractivity contribution in [3.8, 4) is 11.5 Å². The molecule has 0 heterocycles. The van der Waals surface area contributed by atoms with Crippen LogP contribution in [0, 0.1) is 6.92 Å². The Morgan fingerprint density at radius 3 is 2.50 bits per heavy atom. The number of fused-ring (bicyclic) bond motifs is 1. The van der Waals surface area contributed by atoms with E-state index in [0.717, 1.165) is 24.0 Å². The number of carbonyl (C=O) groups is 1. The highest BCUT2D eigenvalue weighted by Gasteiger charge is 2.38. The second-order valence-corrected chi connectivity index (χ2v) is 6.64. The standard InChI is InChI=1S/C20H22O4/c1-13-9-17(23-3)19(24-12-18(21)22)16-11-20(2,10-15(13)16)14-7-5-4-6-8-14/h4-9H,10-12H2,1-3H3,(H,21,22). The minimum Gasteiger partial charge on any atom is -0.493 e. The molecule has 2 aromatic rings. The summed E-state index contributed by atoms with van der Waals surface area (Å²) >= 11 is 0. The summed E-state index contributed by atoms with van der Waals surface area (Å²) in [6.07, 6.45) is 1.71. The maximum Gasteiger partial charge on any atom is 0.341 e. The molecular weight excluding hydrogens is 304 g/mol. The van der Waals surface area contributed by atoms with Crippen molar-refractivity contribution in [2.75, 3.05) is 13.7 Å². The number of hydrogen-bond acceptors (Lipinski definition) is 3. The highest BCUT2D eigenvalue weighted by Crippen LogP contribution is 2.47. The first kappa shape index (κ1) is 16.4. The van der Waals surface area contributed by atoms with E-state index in [4.69, 9.17) is 14.6 Å². The average Bonchev–Trinajstić information content (AvgIpc) is 2.94. The van der Waals surface area contributed by atoms with Crippen LogP contribution in [0.4, 0.5) is 0 Å². The summed E-state index contributed by atoms with van der Waals surface area (Å²) in [5, 5.41) is 8.96. The van der Waals surface area contributed by atoms with Crippen molar-refractivity contribution in [2.45, 2.75) is 32.1 Å². The molecule has 0 radical (unpaired) electrons. The molecule has 0 spiro atoms. The molecule has 2 aromatic carbocycles. The maximum absolute atomic E-state index is 10.9. The molecular formula is C20H22O4. The summed E-state index contributed by atoms with van der Waals surface area (Å²) in [4.78, 5) is 10.9. The monoisotopic (exact) mass is 326 g/mol. The van der Waals surface area contributed by atoms with Crippen LogP contribution in [0.2, 0.25) is 0 Å². The lowest BCUT2D eigenvalue weighted by Gasteiger charge is -2.24. The Labute approximate surface area is 142 Å². The summed E-state index contributed by atoms with van der Waals surface area (Å²) < 4.78 is 11.0. The van der Waals surface area contributed by atoms with Crippen molar-refractivity contribution in [3.05, 3.63) is 58.7 Å². The molecule has 0 saturated carbocycles. The Kier molecular flexibility index (Phi) is 4.22. The van der Waals surface area contributed by atoms with E-state index in [1.165, 1.54) is 11.1 Å². The van der Waals surface area contributed by atoms with E-state index in [1.807, 2.05) is 12.1 Å². The molecule has 0 saturated heterocycles. The number of aliphatic carboxylic acids is 1. The molecule has 1 N–H and O–H groups in total. The molecule has 0 fully saturated rings. The lowest BCUT2D eigenvalue weighted by molar-refractivity contribution is -0.139. The highest BCUT2D eigenvalue weighted by molar-refractivity contribution is 5.69. The van der Waals surface area contributed by atoms with Gasteiger partial charge in [0.1, 0.15) is 0 Å². The number of benzene rings is 2. The van der Waals surface area contributed by atoms with Crippen LogP contribution < -0.4 is 9.47 Å². The third-order valence-electron chi connectivity index (χ3n) is 4.85. The lowest BCUT2D eigenvalue weighted by Crippen LogP contribution is -2.22. The number of methoxy groups -OCH3 is 1. The molecule has 1 unspecified atom stereocenters. The van der Waals surface area contributed by atoms with Crippen LogP contribution in [0.1, 0.15) is 29.2 Å². The molecule has 3 rings (SSSR count). The van der Waals surface area contributed by atoms with Gasteiger partial charge in [-0.15, -0.1) is 0 Å². The van der Waals surface area contributed by atoms with Crippen LogP contribution in [-0.4, -0.2) is 24.8 Å². The zero-order chi connectivity index (χ0) is 17.3. The Bertz CT molecular complexity index is 767. The summed E-state index contributed by atoms with van der Waals surface area (Å²) in [5.74, 6) is 0.181. The fourth-order valence-electron chi connectivity index (χ4n) is 3.64. The quantitative estimate of drug-likeness (QED) is 0.913. The van der Waals surface area contributed by atoms with Crippen LogP contribution in [0.5, 0.6) is 11.5 Å². The molecule has 0 aromatic heterocycles. The predicted molar refractivity (Wildman–Crippen MR) is 92.1 cm³/mol. The molecule has 1 aliphatic carbocycles. The smallest absolute Gasteiger partial charge is 0.341 e. The van der Waals surface area contributed by atoms with Gasteiger partial charge >= 0.3 is 5.97 Å². The van der Waals surface area contributed by atoms with E-state index in [-0.39, 0.29) is 12.0 Å². The number of hydrogen-bond donors (Lipinski definition) is 1. The van der Waals surface area contributed by atoms with Crippen LogP contribution >= 0.6 is 0 Å². The molecule has 126 valence electrons. The maximum atomic E-state index is 10.9. The van der Waals surface area contributed by atoms with E-state index in [0.29, 0.717) is 11.5 Å². The summed E-state index contributed by atoms with van der Waals surface area (Å²) in [6.45, 7) is 3.95. The third kappa shape index (κ3) is 2.84. The zero-order valence-corrected chi connectivity index (χ0v) is 14.3. The van der Waals surface area contributed by atoms with Gasteiger partial charge in [-0.3, -0.25) is 0 Å². The number of carboxylic acids is 1. The fraction of sp³-hybridized carbons (Fsp3) is 0.350. The van der Waals surface area contributed by atoms with Crippen LogP contribution in [0.3, 0.4) is 0 Å². The van der Waals surface area contributed by atoms with Gasteiger partial charge in [0.25, 0.3) is 0 Å². The molecule has 1 aliphatic rings. The van der Waals surface area contributed by atoms with Gasteiger partial charge in [-0.1, -0.05) is 37.3 Å². The van der Waals surface area contributed by atoms with Crippen molar-refractivity contribution >= 4 is 5.97 Å². The predicted octanol–water partition coefficient (Wildman–Crippen LogP) is 3.52. The van der Waals surface area contributed by atoms with E-state index < -0.39 is 5.97 Å². The number of rotatable bonds is 5. The zero-order valence-electron chi connectivity index (χ0n) is 14.3. The Morgan fingerprint density at radius 1 is 1.21 bits per heavy atom. The Morgan fingerprint density at radius 2 is 1.88 bits per heavy atom. The SMILES string of the molecule is COc1cc(C)c2c(c1OCC(=O)O)CC(C)(c1ccccc1)C2. The van der Waals surface area contributed by atoms with Gasteiger partial charge < -0.3 is 14.6 Å². The van der Waals surface area contributed by atoms with E-state index in [9.17, 15) is 4.79 Å². The van der Waals surface area contributed by atoms with Gasteiger partial charge in [-0.2, -0.15) is 0 Å². The fourth-order valence-corrected chi connectivity index (χ4v) is 3.64. The summed E-state index contributed by atoms with van der Waals surface area (Å²) in [5.41, 5.74) is 4.72. The van der Waals surface area contributed by atoms with Crippen molar-refractivity contribution in [3.63, 3.8) is 0 Å². The Hall–Kier alpha value is -2.49. The molecule has 4 nitrogen and oxygen atoms in total. The first-order valence-corrected chi connectivity index (χ1v) is 8.04. The van der Waals surface area contributed by atoms with Crippen molar-refractivity contribution < 1.29 is 19.4 Å². The first-order valence-electron chi connectivity index (χ1n) is 8.04. The largest absolute Gasteiger partial charge is 0.493 e. The van der Waals surface area contributed by atoms with Gasteiger partial charge in [0.05, 0.1) is 7.11 Å². The number of carboxylic acid groups (broad SMARTS) is 1. The molecule has 0 amide bonds. The molecule has 0 aliphatic heterocycles.